The van der Waals surface area contributed by atoms with Gasteiger partial charge in [0.25, 0.3) is 0 Å². The Hall–Kier alpha value is -2.62. The van der Waals surface area contributed by atoms with Gasteiger partial charge in [0.15, 0.2) is 17.5 Å². The summed E-state index contributed by atoms with van der Waals surface area (Å²) in [6, 6.07) is 2.24. The molecule has 0 aliphatic rings. The Balaban J connectivity index is 2.74. The molecule has 0 radical (unpaired) electrons. The molecule has 1 amide bonds. The minimum atomic E-state index is -4.85. The van der Waals surface area contributed by atoms with Gasteiger partial charge in [-0.05, 0) is 24.1 Å². The highest BCUT2D eigenvalue weighted by Crippen LogP contribution is 2.41. The molecule has 0 aromatic heterocycles. The van der Waals surface area contributed by atoms with E-state index in [2.05, 4.69) is 9.84 Å². The van der Waals surface area contributed by atoms with Crippen LogP contribution in [0.3, 0.4) is 0 Å². The summed E-state index contributed by atoms with van der Waals surface area (Å²) in [6.45, 7) is 0. The maximum absolute atomic E-state index is 11.7. The number of phenolic OH excluding ortho intramolecular Hbond substituents is 1. The number of rotatable bonds is 10. The van der Waals surface area contributed by atoms with Crippen molar-refractivity contribution >= 4 is 25.7 Å². The van der Waals surface area contributed by atoms with Crippen LogP contribution in [-0.4, -0.2) is 49.0 Å². The predicted octanol–water partition coefficient (Wildman–Crippen LogP) is -0.603. The lowest BCUT2D eigenvalue weighted by molar-refractivity contribution is -0.142. The van der Waals surface area contributed by atoms with Gasteiger partial charge >= 0.3 is 19.8 Å². The molecule has 0 aliphatic heterocycles. The van der Waals surface area contributed by atoms with E-state index in [-0.39, 0.29) is 25.7 Å². The van der Waals surface area contributed by atoms with Crippen molar-refractivity contribution in [1.29, 1.82) is 0 Å². The van der Waals surface area contributed by atoms with E-state index in [1.165, 1.54) is 6.07 Å². The quantitative estimate of drug-likeness (QED) is 0.255. The maximum Gasteiger partial charge on any atom is 0.538 e. The number of amides is 1. The number of benzene rings is 1. The molecule has 1 aromatic rings. The molecule has 1 rings (SSSR count). The Morgan fingerprint density at radius 2 is 1.88 bits per heavy atom. The standard InChI is InChI=1S/C14H18NO10P/c16-10-7-8(4-5-11(10)25-26(22,23)24)6-9(14(20)21)15-12(17)2-1-3-13(18)19/h4-5,7,9,16H,1-3,6H2,(H,15,17)(H,18,19)(H,20,21)(H2,22,23,24)/p+1/t9-/m0/s1. The summed E-state index contributed by atoms with van der Waals surface area (Å²) < 4.78 is 15.0. The van der Waals surface area contributed by atoms with Crippen molar-refractivity contribution in [2.75, 3.05) is 0 Å². The van der Waals surface area contributed by atoms with Gasteiger partial charge in [-0.15, -0.1) is 0 Å². The van der Waals surface area contributed by atoms with Gasteiger partial charge < -0.3 is 25.2 Å². The predicted molar refractivity (Wildman–Crippen MR) is 86.5 cm³/mol. The molecule has 7 N–H and O–H groups in total. The second-order valence-corrected chi connectivity index (χ2v) is 6.48. The van der Waals surface area contributed by atoms with E-state index in [4.69, 9.17) is 20.0 Å². The number of phosphoric ester groups is 1. The van der Waals surface area contributed by atoms with E-state index in [1.807, 2.05) is 0 Å². The third-order valence-electron chi connectivity index (χ3n) is 3.13. The zero-order chi connectivity index (χ0) is 19.9. The van der Waals surface area contributed by atoms with E-state index in [1.54, 1.807) is 0 Å². The van der Waals surface area contributed by atoms with E-state index in [0.717, 1.165) is 12.1 Å². The smallest absolute Gasteiger partial charge is 0.538 e. The fourth-order valence-electron chi connectivity index (χ4n) is 2.01. The lowest BCUT2D eigenvalue weighted by atomic mass is 10.0. The molecule has 0 unspecified atom stereocenters. The minimum Gasteiger partial charge on any atom is -0.563 e. The topological polar surface area (TPSA) is 193 Å². The number of carboxylic acids is 1. The molecular formula is C14H19NO10P+. The van der Waals surface area contributed by atoms with Crippen LogP contribution in [-0.2, 0) is 25.4 Å². The molecule has 0 heterocycles. The van der Waals surface area contributed by atoms with Crippen LogP contribution in [0.2, 0.25) is 0 Å². The average Bonchev–Trinajstić information content (AvgIpc) is 2.47. The Labute approximate surface area is 147 Å². The van der Waals surface area contributed by atoms with Gasteiger partial charge in [0.1, 0.15) is 0 Å². The van der Waals surface area contributed by atoms with Crippen LogP contribution in [0.5, 0.6) is 11.5 Å². The number of nitrogens with one attached hydrogen (secondary N) is 1. The molecule has 11 nitrogen and oxygen atoms in total. The molecule has 0 fully saturated rings. The van der Waals surface area contributed by atoms with Crippen LogP contribution in [0.1, 0.15) is 24.8 Å². The van der Waals surface area contributed by atoms with Crippen LogP contribution in [0.4, 0.5) is 0 Å². The number of hydrogen-bond donors (Lipinski definition) is 5. The molecule has 12 heteroatoms. The van der Waals surface area contributed by atoms with E-state index >= 15 is 0 Å². The third-order valence-corrected chi connectivity index (χ3v) is 3.56. The normalized spacial score (nSPS) is 12.2. The van der Waals surface area contributed by atoms with Gasteiger partial charge in [-0.3, -0.25) is 19.4 Å². The fourth-order valence-corrected chi connectivity index (χ4v) is 2.42. The van der Waals surface area contributed by atoms with Crippen molar-refractivity contribution in [2.24, 2.45) is 0 Å². The van der Waals surface area contributed by atoms with Crippen LogP contribution in [0, 0.1) is 0 Å². The highest BCUT2D eigenvalue weighted by atomic mass is 31.2. The van der Waals surface area contributed by atoms with Gasteiger partial charge in [-0.25, -0.2) is 4.57 Å². The molecule has 1 atom stereocenters. The lowest BCUT2D eigenvalue weighted by Crippen LogP contribution is -2.42. The number of carbonyl (C=O) groups is 3. The summed E-state index contributed by atoms with van der Waals surface area (Å²) >= 11 is 0. The first kappa shape index (κ1) is 21.4. The first-order chi connectivity index (χ1) is 12.0. The molecule has 0 aliphatic carbocycles. The third kappa shape index (κ3) is 7.97. The summed E-state index contributed by atoms with van der Waals surface area (Å²) in [7, 11) is -4.85. The van der Waals surface area contributed by atoms with Crippen molar-refractivity contribution in [3.8, 4) is 11.5 Å². The van der Waals surface area contributed by atoms with Crippen LogP contribution in [0.15, 0.2) is 18.2 Å². The molecule has 144 valence electrons. The van der Waals surface area contributed by atoms with Gasteiger partial charge in [0.2, 0.25) is 5.91 Å². The van der Waals surface area contributed by atoms with E-state index < -0.39 is 43.2 Å². The average molecular weight is 392 g/mol. The molecule has 0 saturated heterocycles. The number of hydrogen-bond acceptors (Lipinski definition) is 6. The fraction of sp³-hybridized carbons (Fsp3) is 0.357. The van der Waals surface area contributed by atoms with Crippen molar-refractivity contribution in [3.63, 3.8) is 0 Å². The van der Waals surface area contributed by atoms with Crippen molar-refractivity contribution in [3.05, 3.63) is 23.8 Å². The van der Waals surface area contributed by atoms with Gasteiger partial charge in [0, 0.05) is 24.1 Å². The van der Waals surface area contributed by atoms with Crippen LogP contribution >= 0.6 is 7.82 Å². The SMILES string of the molecule is O=C(O)CCCC(=O)N[C@@H](Cc1ccc(OP(=O)(O)O)c(O)c1)C(=O)[OH2+]. The molecule has 0 spiro atoms. The highest BCUT2D eigenvalue weighted by Gasteiger charge is 2.27. The van der Waals surface area contributed by atoms with Crippen molar-refractivity contribution < 1.29 is 48.6 Å². The first-order valence-corrected chi connectivity index (χ1v) is 8.84. The van der Waals surface area contributed by atoms with E-state index in [9.17, 15) is 24.1 Å². The van der Waals surface area contributed by atoms with E-state index in [0.29, 0.717) is 5.56 Å². The molecule has 1 aromatic carbocycles. The minimum absolute atomic E-state index is 0.0786. The van der Waals surface area contributed by atoms with Crippen molar-refractivity contribution in [1.82, 2.24) is 5.32 Å². The summed E-state index contributed by atoms with van der Waals surface area (Å²) in [4.78, 5) is 50.9. The number of aromatic hydroxyl groups is 1. The second-order valence-electron chi connectivity index (χ2n) is 5.32. The Morgan fingerprint density at radius 3 is 2.38 bits per heavy atom. The number of phenols is 1. The largest absolute Gasteiger partial charge is 0.563 e. The second kappa shape index (κ2) is 9.18. The zero-order valence-corrected chi connectivity index (χ0v) is 14.3. The molecular weight excluding hydrogens is 373 g/mol. The van der Waals surface area contributed by atoms with Gasteiger partial charge in [0.05, 0.1) is 0 Å². The monoisotopic (exact) mass is 392 g/mol. The first-order valence-electron chi connectivity index (χ1n) is 7.31. The number of aliphatic carboxylic acids is 1. The lowest BCUT2D eigenvalue weighted by Gasteiger charge is -2.13. The van der Waals surface area contributed by atoms with Crippen LogP contribution < -0.4 is 9.84 Å². The van der Waals surface area contributed by atoms with Gasteiger partial charge in [-0.1, -0.05) is 6.07 Å². The number of carbonyl (C=O) groups excluding carboxylic acids is 2. The summed E-state index contributed by atoms with van der Waals surface area (Å²) in [6.07, 6.45) is -0.412. The maximum atomic E-state index is 11.7. The Bertz CT molecular complexity index is 728. The molecule has 0 saturated carbocycles. The highest BCUT2D eigenvalue weighted by molar-refractivity contribution is 7.46. The summed E-state index contributed by atoms with van der Waals surface area (Å²) in [5.41, 5.74) is 0.303. The Morgan fingerprint density at radius 1 is 1.23 bits per heavy atom. The van der Waals surface area contributed by atoms with Crippen molar-refractivity contribution in [2.45, 2.75) is 31.7 Å². The molecule has 26 heavy (non-hydrogen) atoms. The van der Waals surface area contributed by atoms with Crippen LogP contribution in [0.25, 0.3) is 0 Å². The number of carboxylic acid groups (broad SMARTS) is 1. The van der Waals surface area contributed by atoms with Gasteiger partial charge in [-0.2, -0.15) is 0 Å². The number of phosphoric acid groups is 1. The summed E-state index contributed by atoms with van der Waals surface area (Å²) in [5, 5.41) is 27.7. The summed E-state index contributed by atoms with van der Waals surface area (Å²) in [5.74, 6) is -3.79. The zero-order valence-electron chi connectivity index (χ0n) is 13.4. The Kier molecular flexibility index (Phi) is 7.56. The molecule has 0 bridgehead atoms.